The summed E-state index contributed by atoms with van der Waals surface area (Å²) in [6.07, 6.45) is 0. The number of β-lactam (4-membered cyclic amide) rings is 1. The highest BCUT2D eigenvalue weighted by Gasteiger charge is 2.57. The van der Waals surface area contributed by atoms with Gasteiger partial charge in [0.15, 0.2) is 0 Å². The van der Waals surface area contributed by atoms with Gasteiger partial charge >= 0.3 is 0 Å². The van der Waals surface area contributed by atoms with Crippen LogP contribution in [0.1, 0.15) is 32.3 Å². The van der Waals surface area contributed by atoms with Gasteiger partial charge in [0.1, 0.15) is 23.4 Å². The lowest BCUT2D eigenvalue weighted by molar-refractivity contribution is -0.130. The lowest BCUT2D eigenvalue weighted by atomic mass is 9.86. The number of methoxy groups -OCH3 is 2. The van der Waals surface area contributed by atoms with Crippen molar-refractivity contribution in [3.05, 3.63) is 89.2 Å². The van der Waals surface area contributed by atoms with Crippen molar-refractivity contribution >= 4 is 23.4 Å². The second-order valence-electron chi connectivity index (χ2n) is 7.71. The Balaban J connectivity index is 1.60. The van der Waals surface area contributed by atoms with E-state index in [1.54, 1.807) is 54.6 Å². The fourth-order valence-electron chi connectivity index (χ4n) is 4.43. The first-order chi connectivity index (χ1) is 16.0. The van der Waals surface area contributed by atoms with Crippen LogP contribution >= 0.6 is 0 Å². The Labute approximate surface area is 188 Å². The molecule has 0 unspecified atom stereocenters. The van der Waals surface area contributed by atoms with Gasteiger partial charge in [-0.3, -0.25) is 24.2 Å². The van der Waals surface area contributed by atoms with Crippen molar-refractivity contribution in [1.29, 1.82) is 0 Å². The van der Waals surface area contributed by atoms with Crippen molar-refractivity contribution in [3.63, 3.8) is 0 Å². The Morgan fingerprint density at radius 1 is 0.758 bits per heavy atom. The first-order valence-electron chi connectivity index (χ1n) is 10.2. The van der Waals surface area contributed by atoms with E-state index in [1.807, 2.05) is 0 Å². The SMILES string of the molecule is COc1ccc(N2C(=O)[C@H](N3C(=O)c4ccccc4C3=O)[C@H]2c2ccc(F)cc2)c(OC)c1. The zero-order valence-electron chi connectivity index (χ0n) is 17.8. The second-order valence-corrected chi connectivity index (χ2v) is 7.71. The summed E-state index contributed by atoms with van der Waals surface area (Å²) < 4.78 is 24.3. The molecular formula is C25H19FN2O5. The zero-order chi connectivity index (χ0) is 23.3. The zero-order valence-corrected chi connectivity index (χ0v) is 17.8. The molecule has 3 aromatic carbocycles. The molecule has 0 aromatic heterocycles. The molecule has 1 fully saturated rings. The molecule has 8 heteroatoms. The monoisotopic (exact) mass is 446 g/mol. The molecule has 2 heterocycles. The summed E-state index contributed by atoms with van der Waals surface area (Å²) in [6.45, 7) is 0. The summed E-state index contributed by atoms with van der Waals surface area (Å²) in [5, 5.41) is 0. The molecule has 166 valence electrons. The number of nitrogens with zero attached hydrogens (tertiary/aromatic N) is 2. The lowest BCUT2D eigenvalue weighted by Crippen LogP contribution is -2.67. The summed E-state index contributed by atoms with van der Waals surface area (Å²) in [5.41, 5.74) is 1.54. The Hall–Kier alpha value is -4.20. The van der Waals surface area contributed by atoms with E-state index in [9.17, 15) is 18.8 Å². The van der Waals surface area contributed by atoms with Gasteiger partial charge < -0.3 is 9.47 Å². The first-order valence-corrected chi connectivity index (χ1v) is 10.2. The number of fused-ring (bicyclic) bond motifs is 1. The van der Waals surface area contributed by atoms with Crippen LogP contribution in [0.4, 0.5) is 10.1 Å². The van der Waals surface area contributed by atoms with Crippen LogP contribution in [0.3, 0.4) is 0 Å². The van der Waals surface area contributed by atoms with E-state index in [2.05, 4.69) is 0 Å². The van der Waals surface area contributed by atoms with Crippen LogP contribution in [0.25, 0.3) is 0 Å². The maximum Gasteiger partial charge on any atom is 0.262 e. The van der Waals surface area contributed by atoms with Crippen LogP contribution < -0.4 is 14.4 Å². The molecule has 3 aromatic rings. The maximum absolute atomic E-state index is 13.6. The van der Waals surface area contributed by atoms with Crippen molar-refractivity contribution in [1.82, 2.24) is 4.90 Å². The smallest absolute Gasteiger partial charge is 0.262 e. The molecule has 2 atom stereocenters. The fraction of sp³-hybridized carbons (Fsp3) is 0.160. The number of anilines is 1. The number of benzene rings is 3. The third-order valence-corrected chi connectivity index (χ3v) is 6.03. The van der Waals surface area contributed by atoms with Gasteiger partial charge in [-0.15, -0.1) is 0 Å². The highest BCUT2D eigenvalue weighted by atomic mass is 19.1. The van der Waals surface area contributed by atoms with Gasteiger partial charge in [-0.2, -0.15) is 0 Å². The van der Waals surface area contributed by atoms with E-state index < -0.39 is 35.6 Å². The van der Waals surface area contributed by atoms with E-state index in [4.69, 9.17) is 9.47 Å². The van der Waals surface area contributed by atoms with Crippen LogP contribution in [0, 0.1) is 5.82 Å². The van der Waals surface area contributed by atoms with Crippen LogP contribution in [-0.4, -0.2) is 42.9 Å². The molecule has 1 saturated heterocycles. The number of imide groups is 1. The highest BCUT2D eigenvalue weighted by Crippen LogP contribution is 2.47. The quantitative estimate of drug-likeness (QED) is 0.442. The molecule has 2 aliphatic rings. The molecule has 33 heavy (non-hydrogen) atoms. The van der Waals surface area contributed by atoms with Crippen LogP contribution in [0.2, 0.25) is 0 Å². The van der Waals surface area contributed by atoms with Gasteiger partial charge in [0.2, 0.25) is 0 Å². The predicted molar refractivity (Wildman–Crippen MR) is 117 cm³/mol. The minimum Gasteiger partial charge on any atom is -0.497 e. The van der Waals surface area contributed by atoms with Crippen LogP contribution in [0.5, 0.6) is 11.5 Å². The van der Waals surface area contributed by atoms with E-state index in [0.717, 1.165) is 4.90 Å². The number of rotatable bonds is 5. The number of hydrogen-bond donors (Lipinski definition) is 0. The third kappa shape index (κ3) is 3.06. The number of amides is 3. The Morgan fingerprint density at radius 3 is 1.97 bits per heavy atom. The normalized spacial score (nSPS) is 19.4. The van der Waals surface area contributed by atoms with Crippen molar-refractivity contribution in [2.24, 2.45) is 0 Å². The topological polar surface area (TPSA) is 76.2 Å². The van der Waals surface area contributed by atoms with Gasteiger partial charge in [0.25, 0.3) is 17.7 Å². The molecule has 0 radical (unpaired) electrons. The number of carbonyl (C=O) groups is 3. The predicted octanol–water partition coefficient (Wildman–Crippen LogP) is 3.60. The van der Waals surface area contributed by atoms with Gasteiger partial charge in [0, 0.05) is 6.07 Å². The van der Waals surface area contributed by atoms with Crippen molar-refractivity contribution < 1.29 is 28.2 Å². The largest absolute Gasteiger partial charge is 0.497 e. The molecule has 7 nitrogen and oxygen atoms in total. The molecule has 0 aliphatic carbocycles. The second kappa shape index (κ2) is 7.74. The molecule has 3 amide bonds. The molecule has 0 N–H and O–H groups in total. The number of halogens is 1. The van der Waals surface area contributed by atoms with Gasteiger partial charge in [-0.25, -0.2) is 4.39 Å². The molecule has 0 bridgehead atoms. The number of ether oxygens (including phenoxy) is 2. The standard InChI is InChI=1S/C25H19FN2O5/c1-32-16-11-12-19(20(13-16)33-2)27-21(14-7-9-15(26)10-8-14)22(25(27)31)28-23(29)17-5-3-4-6-18(17)24(28)30/h3-13,21-22H,1-2H3/t21-,22-/m1/s1. The minimum absolute atomic E-state index is 0.258. The van der Waals surface area contributed by atoms with Crippen LogP contribution in [0.15, 0.2) is 66.7 Å². The number of hydrogen-bond acceptors (Lipinski definition) is 5. The van der Waals surface area contributed by atoms with Gasteiger partial charge in [-0.05, 0) is 42.0 Å². The Kier molecular flexibility index (Phi) is 4.85. The maximum atomic E-state index is 13.6. The van der Waals surface area contributed by atoms with E-state index in [-0.39, 0.29) is 11.1 Å². The lowest BCUT2D eigenvalue weighted by Gasteiger charge is -2.50. The van der Waals surface area contributed by atoms with Gasteiger partial charge in [-0.1, -0.05) is 24.3 Å². The third-order valence-electron chi connectivity index (χ3n) is 6.03. The van der Waals surface area contributed by atoms with Crippen LogP contribution in [-0.2, 0) is 4.79 Å². The summed E-state index contributed by atoms with van der Waals surface area (Å²) >= 11 is 0. The Morgan fingerprint density at radius 2 is 1.39 bits per heavy atom. The van der Waals surface area contributed by atoms with E-state index >= 15 is 0 Å². The average Bonchev–Trinajstić information content (AvgIpc) is 3.08. The molecular weight excluding hydrogens is 427 g/mol. The Bertz CT molecular complexity index is 1260. The summed E-state index contributed by atoms with van der Waals surface area (Å²) in [5.74, 6) is -1.00. The molecule has 0 saturated carbocycles. The van der Waals surface area contributed by atoms with Crippen molar-refractivity contribution in [2.75, 3.05) is 19.1 Å². The van der Waals surface area contributed by atoms with E-state index in [1.165, 1.54) is 31.3 Å². The summed E-state index contributed by atoms with van der Waals surface area (Å²) in [6, 6.07) is 15.3. The van der Waals surface area contributed by atoms with Crippen molar-refractivity contribution in [2.45, 2.75) is 12.1 Å². The minimum atomic E-state index is -1.07. The average molecular weight is 446 g/mol. The molecule has 5 rings (SSSR count). The highest BCUT2D eigenvalue weighted by molar-refractivity contribution is 6.24. The first kappa shape index (κ1) is 20.7. The fourth-order valence-corrected chi connectivity index (χ4v) is 4.43. The number of carbonyl (C=O) groups excluding carboxylic acids is 3. The summed E-state index contributed by atoms with van der Waals surface area (Å²) in [4.78, 5) is 42.2. The van der Waals surface area contributed by atoms with E-state index in [0.29, 0.717) is 22.7 Å². The molecule has 0 spiro atoms. The van der Waals surface area contributed by atoms with Gasteiger partial charge in [0.05, 0.1) is 37.1 Å². The summed E-state index contributed by atoms with van der Waals surface area (Å²) in [7, 11) is 2.99. The molecule has 2 aliphatic heterocycles. The van der Waals surface area contributed by atoms with Crippen molar-refractivity contribution in [3.8, 4) is 11.5 Å².